The minimum atomic E-state index is 0.882. The van der Waals surface area contributed by atoms with Crippen LogP contribution in [0, 0.1) is 5.92 Å². The molecule has 0 aromatic carbocycles. The van der Waals surface area contributed by atoms with Gasteiger partial charge in [-0.15, -0.1) is 0 Å². The van der Waals surface area contributed by atoms with Crippen molar-refractivity contribution >= 4 is 15.9 Å². The Bertz CT molecular complexity index is 145. The van der Waals surface area contributed by atoms with Gasteiger partial charge >= 0.3 is 0 Å². The third kappa shape index (κ3) is 4.79. The summed E-state index contributed by atoms with van der Waals surface area (Å²) in [6.45, 7) is 7.30. The highest BCUT2D eigenvalue weighted by atomic mass is 79.9. The minimum absolute atomic E-state index is 0.882. The largest absolute Gasteiger partial charge is 0.300 e. The van der Waals surface area contributed by atoms with Crippen molar-refractivity contribution in [3.8, 4) is 0 Å². The predicted molar refractivity (Wildman–Crippen MR) is 67.1 cm³/mol. The maximum Gasteiger partial charge on any atom is 0.00964 e. The average molecular weight is 262 g/mol. The highest BCUT2D eigenvalue weighted by molar-refractivity contribution is 9.09. The van der Waals surface area contributed by atoms with Gasteiger partial charge in [0.05, 0.1) is 0 Å². The van der Waals surface area contributed by atoms with Crippen LogP contribution in [0.5, 0.6) is 0 Å². The molecule has 1 saturated carbocycles. The third-order valence-electron chi connectivity index (χ3n) is 3.09. The Morgan fingerprint density at radius 1 is 1.29 bits per heavy atom. The lowest BCUT2D eigenvalue weighted by molar-refractivity contribution is 0.244. The van der Waals surface area contributed by atoms with Gasteiger partial charge in [-0.3, -0.25) is 0 Å². The minimum Gasteiger partial charge on any atom is -0.300 e. The van der Waals surface area contributed by atoms with E-state index in [-0.39, 0.29) is 0 Å². The summed E-state index contributed by atoms with van der Waals surface area (Å²) < 4.78 is 0. The van der Waals surface area contributed by atoms with E-state index in [2.05, 4.69) is 34.7 Å². The van der Waals surface area contributed by atoms with E-state index in [0.717, 1.165) is 17.3 Å². The fourth-order valence-corrected chi connectivity index (χ4v) is 2.70. The van der Waals surface area contributed by atoms with Crippen molar-refractivity contribution in [2.45, 2.75) is 52.0 Å². The fraction of sp³-hybridized carbons (Fsp3) is 1.00. The van der Waals surface area contributed by atoms with Crippen molar-refractivity contribution < 1.29 is 0 Å². The smallest absolute Gasteiger partial charge is 0.00964 e. The van der Waals surface area contributed by atoms with Gasteiger partial charge in [-0.25, -0.2) is 0 Å². The summed E-state index contributed by atoms with van der Waals surface area (Å²) in [7, 11) is 0. The van der Waals surface area contributed by atoms with E-state index in [4.69, 9.17) is 0 Å². The Kier molecular flexibility index (Phi) is 6.11. The molecule has 2 heteroatoms. The maximum atomic E-state index is 3.52. The molecule has 1 unspecified atom stereocenters. The van der Waals surface area contributed by atoms with Crippen LogP contribution in [-0.2, 0) is 0 Å². The molecule has 0 bridgehead atoms. The van der Waals surface area contributed by atoms with Crippen LogP contribution in [0.1, 0.15) is 46.0 Å². The molecule has 0 aromatic rings. The molecule has 84 valence electrons. The highest BCUT2D eigenvalue weighted by Crippen LogP contribution is 2.27. The molecule has 0 radical (unpaired) electrons. The summed E-state index contributed by atoms with van der Waals surface area (Å²) in [6.07, 6.45) is 6.91. The highest BCUT2D eigenvalue weighted by Gasteiger charge is 2.27. The SMILES string of the molecule is CCCN(CCC(C)CCBr)C1CC1. The number of alkyl halides is 1. The summed E-state index contributed by atoms with van der Waals surface area (Å²) in [5, 5.41) is 1.16. The zero-order valence-electron chi connectivity index (χ0n) is 9.64. The molecule has 1 rings (SSSR count). The molecule has 1 aliphatic rings. The summed E-state index contributed by atoms with van der Waals surface area (Å²) in [5.41, 5.74) is 0. The van der Waals surface area contributed by atoms with Gasteiger partial charge in [0.2, 0.25) is 0 Å². The molecule has 0 aliphatic heterocycles. The van der Waals surface area contributed by atoms with E-state index in [1.54, 1.807) is 0 Å². The van der Waals surface area contributed by atoms with Crippen LogP contribution in [0.2, 0.25) is 0 Å². The molecular formula is C12H24BrN. The molecule has 1 nitrogen and oxygen atoms in total. The van der Waals surface area contributed by atoms with Crippen LogP contribution >= 0.6 is 15.9 Å². The van der Waals surface area contributed by atoms with Gasteiger partial charge in [0.1, 0.15) is 0 Å². The zero-order chi connectivity index (χ0) is 10.4. The third-order valence-corrected chi connectivity index (χ3v) is 3.54. The number of nitrogens with zero attached hydrogens (tertiary/aromatic N) is 1. The van der Waals surface area contributed by atoms with Gasteiger partial charge in [-0.1, -0.05) is 29.8 Å². The van der Waals surface area contributed by atoms with Gasteiger partial charge < -0.3 is 4.90 Å². The van der Waals surface area contributed by atoms with E-state index in [1.807, 2.05) is 0 Å². The number of rotatable bonds is 8. The van der Waals surface area contributed by atoms with Crippen molar-refractivity contribution in [2.24, 2.45) is 5.92 Å². The molecule has 0 aromatic heterocycles. The first-order valence-corrected chi connectivity index (χ1v) is 7.20. The van der Waals surface area contributed by atoms with Gasteiger partial charge in [0.25, 0.3) is 0 Å². The van der Waals surface area contributed by atoms with Crippen LogP contribution in [0.15, 0.2) is 0 Å². The molecule has 0 N–H and O–H groups in total. The Labute approximate surface area is 97.4 Å². The Morgan fingerprint density at radius 2 is 2.00 bits per heavy atom. The lowest BCUT2D eigenvalue weighted by atomic mass is 10.1. The summed E-state index contributed by atoms with van der Waals surface area (Å²) in [4.78, 5) is 2.70. The molecule has 0 amide bonds. The van der Waals surface area contributed by atoms with Crippen molar-refractivity contribution in [2.75, 3.05) is 18.4 Å². The second-order valence-corrected chi connectivity index (χ2v) is 5.43. The molecule has 0 spiro atoms. The molecular weight excluding hydrogens is 238 g/mol. The quantitative estimate of drug-likeness (QED) is 0.603. The molecule has 0 heterocycles. The Morgan fingerprint density at radius 3 is 2.50 bits per heavy atom. The van der Waals surface area contributed by atoms with Crippen molar-refractivity contribution in [1.82, 2.24) is 4.90 Å². The van der Waals surface area contributed by atoms with Crippen molar-refractivity contribution in [3.05, 3.63) is 0 Å². The van der Waals surface area contributed by atoms with Gasteiger partial charge in [0, 0.05) is 11.4 Å². The van der Waals surface area contributed by atoms with Gasteiger partial charge in [-0.05, 0) is 51.1 Å². The number of hydrogen-bond acceptors (Lipinski definition) is 1. The Hall–Kier alpha value is 0.440. The van der Waals surface area contributed by atoms with Crippen molar-refractivity contribution in [3.63, 3.8) is 0 Å². The lowest BCUT2D eigenvalue weighted by Crippen LogP contribution is -2.29. The first-order chi connectivity index (χ1) is 6.77. The lowest BCUT2D eigenvalue weighted by Gasteiger charge is -2.22. The standard InChI is InChI=1S/C12H24BrN/c1-3-9-14(12-4-5-12)10-7-11(2)6-8-13/h11-12H,3-10H2,1-2H3. The van der Waals surface area contributed by atoms with Crippen LogP contribution in [0.25, 0.3) is 0 Å². The topological polar surface area (TPSA) is 3.24 Å². The van der Waals surface area contributed by atoms with Crippen LogP contribution in [0.4, 0.5) is 0 Å². The second-order valence-electron chi connectivity index (χ2n) is 4.64. The van der Waals surface area contributed by atoms with E-state index < -0.39 is 0 Å². The number of hydrogen-bond donors (Lipinski definition) is 0. The molecule has 14 heavy (non-hydrogen) atoms. The fourth-order valence-electron chi connectivity index (χ4n) is 1.92. The average Bonchev–Trinajstić information content (AvgIpc) is 2.96. The predicted octanol–water partition coefficient (Wildman–Crippen LogP) is 3.67. The summed E-state index contributed by atoms with van der Waals surface area (Å²) in [5.74, 6) is 0.882. The first-order valence-electron chi connectivity index (χ1n) is 6.08. The molecule has 1 atom stereocenters. The maximum absolute atomic E-state index is 3.52. The molecule has 1 fully saturated rings. The first kappa shape index (κ1) is 12.5. The molecule has 1 aliphatic carbocycles. The van der Waals surface area contributed by atoms with E-state index in [0.29, 0.717) is 0 Å². The van der Waals surface area contributed by atoms with Gasteiger partial charge in [-0.2, -0.15) is 0 Å². The Balaban J connectivity index is 2.12. The van der Waals surface area contributed by atoms with Crippen molar-refractivity contribution in [1.29, 1.82) is 0 Å². The van der Waals surface area contributed by atoms with Crippen LogP contribution in [0.3, 0.4) is 0 Å². The molecule has 0 saturated heterocycles. The monoisotopic (exact) mass is 261 g/mol. The van der Waals surface area contributed by atoms with Crippen LogP contribution in [-0.4, -0.2) is 29.4 Å². The second kappa shape index (κ2) is 6.84. The zero-order valence-corrected chi connectivity index (χ0v) is 11.2. The van der Waals surface area contributed by atoms with Crippen LogP contribution < -0.4 is 0 Å². The van der Waals surface area contributed by atoms with E-state index in [9.17, 15) is 0 Å². The van der Waals surface area contributed by atoms with Gasteiger partial charge in [0.15, 0.2) is 0 Å². The summed E-state index contributed by atoms with van der Waals surface area (Å²) in [6, 6.07) is 0.950. The van der Waals surface area contributed by atoms with E-state index >= 15 is 0 Å². The van der Waals surface area contributed by atoms with E-state index in [1.165, 1.54) is 45.2 Å². The number of halogens is 1. The summed E-state index contributed by atoms with van der Waals surface area (Å²) >= 11 is 3.52. The normalized spacial score (nSPS) is 18.9.